The van der Waals surface area contributed by atoms with Crippen LogP contribution in [0.5, 0.6) is 5.75 Å². The first-order chi connectivity index (χ1) is 10.7. The van der Waals surface area contributed by atoms with E-state index < -0.39 is 0 Å². The van der Waals surface area contributed by atoms with Crippen molar-refractivity contribution in [2.24, 2.45) is 5.92 Å². The molecule has 22 heavy (non-hydrogen) atoms. The predicted octanol–water partition coefficient (Wildman–Crippen LogP) is 3.45. The number of hydrogen-bond acceptors (Lipinski definition) is 2. The zero-order valence-corrected chi connectivity index (χ0v) is 12.4. The van der Waals surface area contributed by atoms with E-state index in [1.54, 1.807) is 19.2 Å². The van der Waals surface area contributed by atoms with E-state index in [-0.39, 0.29) is 23.7 Å². The number of methoxy groups -OCH3 is 1. The molecule has 0 aromatic heterocycles. The van der Waals surface area contributed by atoms with Gasteiger partial charge in [-0.1, -0.05) is 24.3 Å². The van der Waals surface area contributed by atoms with Crippen molar-refractivity contribution in [3.63, 3.8) is 0 Å². The average Bonchev–Trinajstić information content (AvgIpc) is 3.38. The number of ether oxygens (including phenoxy) is 1. The fourth-order valence-electron chi connectivity index (χ4n) is 2.42. The summed E-state index contributed by atoms with van der Waals surface area (Å²) in [5.74, 6) is 0.659. The highest BCUT2D eigenvalue weighted by Crippen LogP contribution is 2.31. The quantitative estimate of drug-likeness (QED) is 0.918. The number of benzene rings is 2. The van der Waals surface area contributed by atoms with Gasteiger partial charge in [0.25, 0.3) is 0 Å². The third-order valence-corrected chi connectivity index (χ3v) is 3.89. The molecule has 2 aromatic carbocycles. The van der Waals surface area contributed by atoms with Crippen LogP contribution in [0.4, 0.5) is 4.39 Å². The molecule has 0 saturated heterocycles. The maximum atomic E-state index is 13.1. The molecule has 1 fully saturated rings. The number of carbonyl (C=O) groups is 1. The molecule has 1 N–H and O–H groups in total. The van der Waals surface area contributed by atoms with Crippen molar-refractivity contribution >= 4 is 5.91 Å². The standard InChI is InChI=1S/C18H18FNO2/c1-22-16-10-6-13(7-11-16)17(20-18(21)14-2-3-14)12-4-8-15(19)9-5-12/h4-11,14,17H,2-3H2,1H3,(H,20,21)/t17-/m0/s1. The molecule has 0 radical (unpaired) electrons. The van der Waals surface area contributed by atoms with Crippen molar-refractivity contribution in [2.45, 2.75) is 18.9 Å². The van der Waals surface area contributed by atoms with E-state index >= 15 is 0 Å². The minimum Gasteiger partial charge on any atom is -0.497 e. The summed E-state index contributed by atoms with van der Waals surface area (Å²) in [5.41, 5.74) is 1.81. The van der Waals surface area contributed by atoms with Gasteiger partial charge in [-0.2, -0.15) is 0 Å². The van der Waals surface area contributed by atoms with Crippen LogP contribution in [0, 0.1) is 11.7 Å². The van der Waals surface area contributed by atoms with Crippen molar-refractivity contribution in [1.29, 1.82) is 0 Å². The van der Waals surface area contributed by atoms with Gasteiger partial charge in [-0.25, -0.2) is 4.39 Å². The molecule has 0 bridgehead atoms. The maximum absolute atomic E-state index is 13.1. The molecule has 2 aromatic rings. The molecule has 0 aliphatic heterocycles. The van der Waals surface area contributed by atoms with Crippen LogP contribution in [-0.4, -0.2) is 13.0 Å². The second-order valence-corrected chi connectivity index (χ2v) is 5.54. The van der Waals surface area contributed by atoms with Crippen molar-refractivity contribution in [2.75, 3.05) is 7.11 Å². The van der Waals surface area contributed by atoms with Crippen molar-refractivity contribution in [1.82, 2.24) is 5.32 Å². The van der Waals surface area contributed by atoms with Crippen LogP contribution in [0.2, 0.25) is 0 Å². The van der Waals surface area contributed by atoms with Crippen LogP contribution in [0.15, 0.2) is 48.5 Å². The fourth-order valence-corrected chi connectivity index (χ4v) is 2.42. The van der Waals surface area contributed by atoms with Crippen LogP contribution >= 0.6 is 0 Å². The van der Waals surface area contributed by atoms with Crippen LogP contribution < -0.4 is 10.1 Å². The van der Waals surface area contributed by atoms with E-state index in [0.717, 1.165) is 29.7 Å². The predicted molar refractivity (Wildman–Crippen MR) is 82.1 cm³/mol. The number of carbonyl (C=O) groups excluding carboxylic acids is 1. The Morgan fingerprint density at radius 2 is 1.64 bits per heavy atom. The largest absolute Gasteiger partial charge is 0.497 e. The van der Waals surface area contributed by atoms with E-state index in [2.05, 4.69) is 5.32 Å². The maximum Gasteiger partial charge on any atom is 0.223 e. The Morgan fingerprint density at radius 1 is 1.09 bits per heavy atom. The lowest BCUT2D eigenvalue weighted by atomic mass is 9.98. The van der Waals surface area contributed by atoms with E-state index in [4.69, 9.17) is 4.74 Å². The van der Waals surface area contributed by atoms with Gasteiger partial charge in [-0.05, 0) is 48.2 Å². The van der Waals surface area contributed by atoms with E-state index in [1.165, 1.54) is 12.1 Å². The lowest BCUT2D eigenvalue weighted by molar-refractivity contribution is -0.122. The Bertz CT molecular complexity index is 648. The van der Waals surface area contributed by atoms with Gasteiger partial charge in [0.2, 0.25) is 5.91 Å². The Morgan fingerprint density at radius 3 is 2.14 bits per heavy atom. The number of nitrogens with one attached hydrogen (secondary N) is 1. The van der Waals surface area contributed by atoms with Crippen molar-refractivity contribution in [3.05, 3.63) is 65.5 Å². The summed E-state index contributed by atoms with van der Waals surface area (Å²) in [6.07, 6.45) is 1.90. The molecule has 1 aliphatic carbocycles. The molecule has 1 saturated carbocycles. The fraction of sp³-hybridized carbons (Fsp3) is 0.278. The highest BCUT2D eigenvalue weighted by molar-refractivity contribution is 5.81. The second kappa shape index (κ2) is 6.18. The molecular weight excluding hydrogens is 281 g/mol. The third-order valence-electron chi connectivity index (χ3n) is 3.89. The monoisotopic (exact) mass is 299 g/mol. The van der Waals surface area contributed by atoms with Crippen molar-refractivity contribution in [3.8, 4) is 5.75 Å². The molecule has 0 unspecified atom stereocenters. The second-order valence-electron chi connectivity index (χ2n) is 5.54. The normalized spacial score (nSPS) is 15.2. The topological polar surface area (TPSA) is 38.3 Å². The van der Waals surface area contributed by atoms with Gasteiger partial charge < -0.3 is 10.1 Å². The van der Waals surface area contributed by atoms with Gasteiger partial charge in [-0.15, -0.1) is 0 Å². The minimum atomic E-state index is -0.286. The zero-order chi connectivity index (χ0) is 15.5. The van der Waals surface area contributed by atoms with E-state index in [9.17, 15) is 9.18 Å². The summed E-state index contributed by atoms with van der Waals surface area (Å²) in [6, 6.07) is 13.5. The molecule has 1 aliphatic rings. The number of rotatable bonds is 5. The number of halogens is 1. The lowest BCUT2D eigenvalue weighted by Gasteiger charge is -2.20. The SMILES string of the molecule is COc1ccc([C@@H](NC(=O)C2CC2)c2ccc(F)cc2)cc1. The Labute approximate surface area is 129 Å². The molecular formula is C18H18FNO2. The molecule has 3 rings (SSSR count). The zero-order valence-electron chi connectivity index (χ0n) is 12.4. The third kappa shape index (κ3) is 3.27. The van der Waals surface area contributed by atoms with Gasteiger partial charge in [-0.3, -0.25) is 4.79 Å². The molecule has 0 heterocycles. The molecule has 3 nitrogen and oxygen atoms in total. The van der Waals surface area contributed by atoms with Crippen LogP contribution in [0.3, 0.4) is 0 Å². The summed E-state index contributed by atoms with van der Waals surface area (Å²) in [4.78, 5) is 12.1. The average molecular weight is 299 g/mol. The number of hydrogen-bond donors (Lipinski definition) is 1. The van der Waals surface area contributed by atoms with Crippen molar-refractivity contribution < 1.29 is 13.9 Å². The summed E-state index contributed by atoms with van der Waals surface area (Å²) in [7, 11) is 1.61. The summed E-state index contributed by atoms with van der Waals surface area (Å²) in [6.45, 7) is 0. The van der Waals surface area contributed by atoms with Crippen LogP contribution in [0.1, 0.15) is 30.0 Å². The van der Waals surface area contributed by atoms with Gasteiger partial charge >= 0.3 is 0 Å². The molecule has 0 spiro atoms. The van der Waals surface area contributed by atoms with Crippen LogP contribution in [0.25, 0.3) is 0 Å². The van der Waals surface area contributed by atoms with E-state index in [0.29, 0.717) is 0 Å². The highest BCUT2D eigenvalue weighted by Gasteiger charge is 2.31. The van der Waals surface area contributed by atoms with Gasteiger partial charge in [0.05, 0.1) is 13.2 Å². The Balaban J connectivity index is 1.89. The summed E-state index contributed by atoms with van der Waals surface area (Å²) >= 11 is 0. The van der Waals surface area contributed by atoms with Crippen LogP contribution in [-0.2, 0) is 4.79 Å². The summed E-state index contributed by atoms with van der Waals surface area (Å²) in [5, 5.41) is 3.07. The Hall–Kier alpha value is -2.36. The first kappa shape index (κ1) is 14.6. The first-order valence-corrected chi connectivity index (χ1v) is 7.37. The van der Waals surface area contributed by atoms with Gasteiger partial charge in [0.15, 0.2) is 0 Å². The minimum absolute atomic E-state index is 0.0603. The van der Waals surface area contributed by atoms with E-state index in [1.807, 2.05) is 24.3 Å². The molecule has 114 valence electrons. The summed E-state index contributed by atoms with van der Waals surface area (Å²) < 4.78 is 18.3. The first-order valence-electron chi connectivity index (χ1n) is 7.37. The van der Waals surface area contributed by atoms with Gasteiger partial charge in [0.1, 0.15) is 11.6 Å². The molecule has 4 heteroatoms. The number of amides is 1. The molecule has 1 amide bonds. The highest BCUT2D eigenvalue weighted by atomic mass is 19.1. The molecule has 1 atom stereocenters. The Kier molecular flexibility index (Phi) is 4.09. The lowest BCUT2D eigenvalue weighted by Crippen LogP contribution is -2.30. The van der Waals surface area contributed by atoms with Gasteiger partial charge in [0, 0.05) is 5.92 Å². The smallest absolute Gasteiger partial charge is 0.223 e.